The van der Waals surface area contributed by atoms with Gasteiger partial charge in [-0.15, -0.1) is 9.90 Å². The molecule has 2 aromatic heterocycles. The molecule has 0 radical (unpaired) electrons. The van der Waals surface area contributed by atoms with E-state index in [2.05, 4.69) is 14.9 Å². The molecule has 3 rings (SSSR count). The number of furan rings is 1. The Hall–Kier alpha value is -3.14. The Morgan fingerprint density at radius 2 is 2.00 bits per heavy atom. The summed E-state index contributed by atoms with van der Waals surface area (Å²) in [4.78, 5) is 11.9. The lowest BCUT2D eigenvalue weighted by Crippen LogP contribution is -2.14. The summed E-state index contributed by atoms with van der Waals surface area (Å²) in [6.07, 6.45) is 1.25. The normalized spacial score (nSPS) is 11.4. The molecular formula is C14H12N4O5S. The van der Waals surface area contributed by atoms with E-state index in [0.717, 1.165) is 6.07 Å². The first-order valence-corrected chi connectivity index (χ1v) is 8.19. The lowest BCUT2D eigenvalue weighted by atomic mass is 10.3. The molecule has 0 bridgehead atoms. The molecular weight excluding hydrogens is 336 g/mol. The number of carboxylic acid groups (broad SMARTS) is 1. The lowest BCUT2D eigenvalue weighted by molar-refractivity contribution is 0.0661. The lowest BCUT2D eigenvalue weighted by Gasteiger charge is -2.03. The van der Waals surface area contributed by atoms with Crippen LogP contribution in [0.2, 0.25) is 0 Å². The first kappa shape index (κ1) is 15.7. The van der Waals surface area contributed by atoms with Gasteiger partial charge >= 0.3 is 5.97 Å². The molecule has 0 amide bonds. The van der Waals surface area contributed by atoms with E-state index in [9.17, 15) is 13.2 Å². The molecule has 1 aromatic carbocycles. The van der Waals surface area contributed by atoms with Crippen molar-refractivity contribution in [1.82, 2.24) is 15.0 Å². The first-order valence-electron chi connectivity index (χ1n) is 6.71. The van der Waals surface area contributed by atoms with Crippen LogP contribution >= 0.6 is 0 Å². The van der Waals surface area contributed by atoms with Crippen molar-refractivity contribution in [3.63, 3.8) is 0 Å². The molecule has 0 saturated heterocycles. The number of carboxylic acids is 1. The second-order valence-electron chi connectivity index (χ2n) is 4.80. The average molecular weight is 348 g/mol. The minimum absolute atomic E-state index is 0.00340. The highest BCUT2D eigenvalue weighted by Crippen LogP contribution is 2.22. The van der Waals surface area contributed by atoms with Gasteiger partial charge in [-0.2, -0.15) is 5.10 Å². The molecule has 0 aliphatic heterocycles. The van der Waals surface area contributed by atoms with Gasteiger partial charge in [-0.1, -0.05) is 18.2 Å². The number of aromatic carboxylic acids is 1. The van der Waals surface area contributed by atoms with E-state index in [0.29, 0.717) is 5.69 Å². The van der Waals surface area contributed by atoms with Gasteiger partial charge in [0.2, 0.25) is 5.76 Å². The number of rotatable bonds is 5. The maximum absolute atomic E-state index is 12.4. The minimum atomic E-state index is -4.05. The number of sulfonamides is 1. The van der Waals surface area contributed by atoms with Gasteiger partial charge in [-0.05, 0) is 19.1 Å². The summed E-state index contributed by atoms with van der Waals surface area (Å²) in [5.74, 6) is -1.85. The van der Waals surface area contributed by atoms with Crippen LogP contribution < -0.4 is 4.72 Å². The number of carbonyl (C=O) groups is 1. The molecule has 10 heteroatoms. The van der Waals surface area contributed by atoms with Gasteiger partial charge in [0.25, 0.3) is 10.0 Å². The summed E-state index contributed by atoms with van der Waals surface area (Å²) in [6.45, 7) is 1.36. The summed E-state index contributed by atoms with van der Waals surface area (Å²) in [5, 5.41) is 16.9. The zero-order chi connectivity index (χ0) is 17.3. The predicted molar refractivity (Wildman–Crippen MR) is 82.6 cm³/mol. The summed E-state index contributed by atoms with van der Waals surface area (Å²) >= 11 is 0. The van der Waals surface area contributed by atoms with Crippen LogP contribution in [-0.4, -0.2) is 34.5 Å². The highest BCUT2D eigenvalue weighted by atomic mass is 32.2. The van der Waals surface area contributed by atoms with Crippen LogP contribution in [0.1, 0.15) is 16.3 Å². The monoisotopic (exact) mass is 348 g/mol. The first-order chi connectivity index (χ1) is 11.4. The number of hydrogen-bond donors (Lipinski definition) is 2. The van der Waals surface area contributed by atoms with E-state index < -0.39 is 21.8 Å². The van der Waals surface area contributed by atoms with Gasteiger partial charge in [0.05, 0.1) is 11.9 Å². The van der Waals surface area contributed by atoms with Crippen LogP contribution in [0.3, 0.4) is 0 Å². The number of aryl methyl sites for hydroxylation is 1. The fourth-order valence-corrected chi connectivity index (χ4v) is 3.19. The molecule has 24 heavy (non-hydrogen) atoms. The molecule has 0 atom stereocenters. The van der Waals surface area contributed by atoms with Crippen molar-refractivity contribution in [2.75, 3.05) is 4.72 Å². The maximum atomic E-state index is 12.4. The van der Waals surface area contributed by atoms with Crippen molar-refractivity contribution < 1.29 is 22.7 Å². The largest absolute Gasteiger partial charge is 0.475 e. The number of aromatic nitrogens is 3. The molecule has 0 spiro atoms. The van der Waals surface area contributed by atoms with Gasteiger partial charge in [-0.25, -0.2) is 13.2 Å². The topological polar surface area (TPSA) is 127 Å². The number of benzene rings is 1. The number of nitrogens with zero attached hydrogens (tertiary/aromatic N) is 3. The Bertz CT molecular complexity index is 991. The smallest absolute Gasteiger partial charge is 0.371 e. The van der Waals surface area contributed by atoms with Gasteiger partial charge in [0.15, 0.2) is 5.82 Å². The number of anilines is 1. The third-order valence-corrected chi connectivity index (χ3v) is 4.55. The summed E-state index contributed by atoms with van der Waals surface area (Å²) in [5.41, 5.74) is 0.663. The molecule has 0 aliphatic carbocycles. The van der Waals surface area contributed by atoms with E-state index in [4.69, 9.17) is 9.52 Å². The molecule has 2 N–H and O–H groups in total. The Labute approximate surface area is 136 Å². The van der Waals surface area contributed by atoms with Gasteiger partial charge in [0, 0.05) is 6.07 Å². The summed E-state index contributed by atoms with van der Waals surface area (Å²) < 4.78 is 31.9. The Kier molecular flexibility index (Phi) is 3.81. The van der Waals surface area contributed by atoms with E-state index in [1.807, 2.05) is 6.07 Å². The van der Waals surface area contributed by atoms with Crippen molar-refractivity contribution in [1.29, 1.82) is 0 Å². The number of hydrogen-bond acceptors (Lipinski definition) is 6. The quantitative estimate of drug-likeness (QED) is 0.718. The Morgan fingerprint density at radius 3 is 2.62 bits per heavy atom. The van der Waals surface area contributed by atoms with Crippen LogP contribution in [0.15, 0.2) is 51.9 Å². The van der Waals surface area contributed by atoms with E-state index in [1.54, 1.807) is 24.3 Å². The van der Waals surface area contributed by atoms with E-state index in [1.165, 1.54) is 17.9 Å². The third kappa shape index (κ3) is 2.99. The highest BCUT2D eigenvalue weighted by molar-refractivity contribution is 7.92. The molecule has 124 valence electrons. The van der Waals surface area contributed by atoms with Crippen molar-refractivity contribution in [2.24, 2.45) is 0 Å². The second kappa shape index (κ2) is 5.81. The molecule has 0 unspecified atom stereocenters. The molecule has 3 aromatic rings. The van der Waals surface area contributed by atoms with Crippen LogP contribution in [0.4, 0.5) is 5.82 Å². The van der Waals surface area contributed by atoms with Crippen LogP contribution in [-0.2, 0) is 10.0 Å². The van der Waals surface area contributed by atoms with Crippen LogP contribution in [0.5, 0.6) is 0 Å². The van der Waals surface area contributed by atoms with E-state index >= 15 is 0 Å². The Balaban J connectivity index is 1.88. The van der Waals surface area contributed by atoms with Crippen molar-refractivity contribution in [3.05, 3.63) is 54.1 Å². The standard InChI is InChI=1S/C14H12N4O5S/c1-9-12(7-11(23-9)14(19)20)24(21,22)17-13-8-15-18(16-13)10-5-3-2-4-6-10/h2-8H,1H3,(H,16,17)(H,19,20). The second-order valence-corrected chi connectivity index (χ2v) is 6.45. The molecule has 9 nitrogen and oxygen atoms in total. The number of para-hydroxylation sites is 1. The maximum Gasteiger partial charge on any atom is 0.371 e. The van der Waals surface area contributed by atoms with Gasteiger partial charge < -0.3 is 9.52 Å². The van der Waals surface area contributed by atoms with Gasteiger partial charge in [-0.3, -0.25) is 4.72 Å². The SMILES string of the molecule is Cc1oc(C(=O)O)cc1S(=O)(=O)Nc1cnn(-c2ccccc2)n1. The van der Waals surface area contributed by atoms with E-state index in [-0.39, 0.29) is 16.5 Å². The summed E-state index contributed by atoms with van der Waals surface area (Å²) in [6, 6.07) is 9.89. The molecule has 0 saturated carbocycles. The zero-order valence-corrected chi connectivity index (χ0v) is 13.2. The molecule has 0 aliphatic rings. The molecule has 0 fully saturated rings. The van der Waals surface area contributed by atoms with Crippen molar-refractivity contribution >= 4 is 21.8 Å². The van der Waals surface area contributed by atoms with Crippen molar-refractivity contribution in [2.45, 2.75) is 11.8 Å². The zero-order valence-electron chi connectivity index (χ0n) is 12.4. The summed E-state index contributed by atoms with van der Waals surface area (Å²) in [7, 11) is -4.05. The fourth-order valence-electron chi connectivity index (χ4n) is 2.03. The fraction of sp³-hybridized carbons (Fsp3) is 0.0714. The molecule has 2 heterocycles. The van der Waals surface area contributed by atoms with Crippen molar-refractivity contribution in [3.8, 4) is 5.69 Å². The minimum Gasteiger partial charge on any atom is -0.475 e. The Morgan fingerprint density at radius 1 is 1.29 bits per heavy atom. The third-order valence-electron chi connectivity index (χ3n) is 3.09. The van der Waals surface area contributed by atoms with Gasteiger partial charge in [0.1, 0.15) is 10.7 Å². The number of nitrogens with one attached hydrogen (secondary N) is 1. The van der Waals surface area contributed by atoms with Crippen LogP contribution in [0.25, 0.3) is 5.69 Å². The highest BCUT2D eigenvalue weighted by Gasteiger charge is 2.24. The average Bonchev–Trinajstić information content (AvgIpc) is 3.15. The predicted octanol–water partition coefficient (Wildman–Crippen LogP) is 1.67. The van der Waals surface area contributed by atoms with Crippen LogP contribution in [0, 0.1) is 6.92 Å².